The molecule has 1 saturated heterocycles. The van der Waals surface area contributed by atoms with Gasteiger partial charge in [-0.1, -0.05) is 18.2 Å². The second-order valence-electron chi connectivity index (χ2n) is 7.77. The summed E-state index contributed by atoms with van der Waals surface area (Å²) in [4.78, 5) is 36.7. The number of hydrogen-bond acceptors (Lipinski definition) is 9. The molecular formula is C19H23FN3O9PS. The third-order valence-electron chi connectivity index (χ3n) is 5.00. The normalized spacial score (nSPS) is 29.3. The molecule has 0 amide bonds. The molecule has 12 nitrogen and oxygen atoms in total. The average Bonchev–Trinajstić information content (AvgIpc) is 2.93. The van der Waals surface area contributed by atoms with Gasteiger partial charge in [-0.05, 0) is 37.8 Å². The van der Waals surface area contributed by atoms with Crippen molar-refractivity contribution in [3.8, 4) is 5.75 Å². The van der Waals surface area contributed by atoms with Gasteiger partial charge >= 0.3 is 18.3 Å². The first-order valence-corrected chi connectivity index (χ1v) is 12.5. The number of ether oxygens (including phenoxy) is 1. The highest BCUT2D eigenvalue weighted by Gasteiger charge is 2.63. The fourth-order valence-corrected chi connectivity index (χ4v) is 5.58. The highest BCUT2D eigenvalue weighted by Crippen LogP contribution is 2.50. The number of nitrogens with zero attached hydrogens (tertiary/aromatic N) is 1. The number of alkyl halides is 1. The molecule has 186 valence electrons. The highest BCUT2D eigenvalue weighted by molar-refractivity contribution is 8.09. The van der Waals surface area contributed by atoms with Crippen LogP contribution in [-0.2, 0) is 25.9 Å². The minimum atomic E-state index is -3.75. The number of carbonyl (C=O) groups is 1. The van der Waals surface area contributed by atoms with Crippen LogP contribution in [0.1, 0.15) is 20.1 Å². The van der Waals surface area contributed by atoms with Crippen LogP contribution < -0.4 is 20.9 Å². The van der Waals surface area contributed by atoms with Crippen molar-refractivity contribution in [3.05, 3.63) is 63.4 Å². The van der Waals surface area contributed by atoms with Crippen molar-refractivity contribution >= 4 is 24.4 Å². The molecule has 1 aliphatic rings. The number of aliphatic carboxylic acids is 1. The zero-order valence-corrected chi connectivity index (χ0v) is 19.7. The molecule has 0 spiro atoms. The zero-order chi connectivity index (χ0) is 25.3. The number of aromatic amines is 1. The number of halogens is 1. The molecule has 0 radical (unpaired) electrons. The number of hydrogen-bond donors (Lipinski definition) is 5. The lowest BCUT2D eigenvalue weighted by atomic mass is 9.95. The Kier molecular flexibility index (Phi) is 7.43. The van der Waals surface area contributed by atoms with Crippen LogP contribution in [0.2, 0.25) is 0 Å². The monoisotopic (exact) mass is 519 g/mol. The molecule has 0 aliphatic carbocycles. The predicted octanol–water partition coefficient (Wildman–Crippen LogP) is 0.226. The molecule has 6 atom stereocenters. The van der Waals surface area contributed by atoms with Gasteiger partial charge in [0.2, 0.25) is 0 Å². The van der Waals surface area contributed by atoms with Gasteiger partial charge in [0.05, 0.1) is 0 Å². The molecule has 1 aliphatic heterocycles. The van der Waals surface area contributed by atoms with E-state index < -0.39 is 60.3 Å². The van der Waals surface area contributed by atoms with E-state index in [0.29, 0.717) is 4.57 Å². The van der Waals surface area contributed by atoms with E-state index in [1.807, 2.05) is 4.98 Å². The summed E-state index contributed by atoms with van der Waals surface area (Å²) >= 11 is 5.35. The van der Waals surface area contributed by atoms with E-state index in [1.165, 1.54) is 19.1 Å². The number of aliphatic hydroxyl groups is 2. The third kappa shape index (κ3) is 5.44. The average molecular weight is 519 g/mol. The Hall–Kier alpha value is -2.45. The molecule has 1 fully saturated rings. The Balaban J connectivity index is 1.87. The maximum absolute atomic E-state index is 15.7. The van der Waals surface area contributed by atoms with Crippen molar-refractivity contribution < 1.29 is 38.3 Å². The van der Waals surface area contributed by atoms with Crippen LogP contribution in [0.4, 0.5) is 4.39 Å². The molecule has 0 bridgehead atoms. The molecule has 2 aromatic rings. The molecule has 5 N–H and O–H groups in total. The standard InChI is InChI=1S/C19H23FN3O9PS/c1-11(14(25)26)22-33(34,32-12-6-4-3-5-7-12)30-10-19(20)15(27)18(2,29)16(31-19)23-9-8-13(24)21-17(23)28/h3-9,11,15-16,27,29H,10H2,1-2H3,(H,22,34)(H,25,26)(H,21,24,28)/t11-,15-,16+,18+,19+,33?/m0/s1. The van der Waals surface area contributed by atoms with E-state index in [4.69, 9.17) is 25.6 Å². The van der Waals surface area contributed by atoms with E-state index >= 15 is 4.39 Å². The quantitative estimate of drug-likeness (QED) is 0.287. The fraction of sp³-hybridized carbons (Fsp3) is 0.421. The van der Waals surface area contributed by atoms with Crippen molar-refractivity contribution in [2.45, 2.75) is 43.7 Å². The summed E-state index contributed by atoms with van der Waals surface area (Å²) in [5.41, 5.74) is -4.08. The van der Waals surface area contributed by atoms with Gasteiger partial charge in [-0.3, -0.25) is 19.1 Å². The van der Waals surface area contributed by atoms with Crippen LogP contribution in [0.5, 0.6) is 5.75 Å². The van der Waals surface area contributed by atoms with E-state index in [1.54, 1.807) is 18.2 Å². The van der Waals surface area contributed by atoms with Gasteiger partial charge in [0.25, 0.3) is 11.4 Å². The Morgan fingerprint density at radius 3 is 2.62 bits per heavy atom. The Bertz CT molecular complexity index is 1210. The van der Waals surface area contributed by atoms with Crippen LogP contribution in [0.25, 0.3) is 0 Å². The van der Waals surface area contributed by atoms with E-state index in [2.05, 4.69) is 5.09 Å². The molecule has 1 unspecified atom stereocenters. The number of nitrogens with one attached hydrogen (secondary N) is 2. The molecule has 3 rings (SSSR count). The second kappa shape index (κ2) is 9.66. The molecular weight excluding hydrogens is 496 g/mol. The molecule has 0 saturated carbocycles. The summed E-state index contributed by atoms with van der Waals surface area (Å²) in [6.07, 6.45) is -3.02. The smallest absolute Gasteiger partial charge is 0.330 e. The van der Waals surface area contributed by atoms with E-state index in [9.17, 15) is 29.7 Å². The van der Waals surface area contributed by atoms with Gasteiger partial charge in [-0.2, -0.15) is 0 Å². The van der Waals surface area contributed by atoms with E-state index in [-0.39, 0.29) is 5.75 Å². The fourth-order valence-electron chi connectivity index (χ4n) is 3.18. The van der Waals surface area contributed by atoms with Crippen molar-refractivity contribution in [2.24, 2.45) is 0 Å². The number of H-pyrrole nitrogens is 1. The van der Waals surface area contributed by atoms with Gasteiger partial charge in [0, 0.05) is 12.3 Å². The summed E-state index contributed by atoms with van der Waals surface area (Å²) in [6.45, 7) is -2.54. The number of carboxylic acids is 1. The minimum Gasteiger partial charge on any atom is -0.480 e. The number of para-hydroxylation sites is 1. The molecule has 1 aromatic carbocycles. The van der Waals surface area contributed by atoms with E-state index in [0.717, 1.165) is 19.2 Å². The number of rotatable bonds is 9. The maximum Gasteiger partial charge on any atom is 0.330 e. The van der Waals surface area contributed by atoms with Gasteiger partial charge in [-0.25, -0.2) is 14.3 Å². The molecule has 2 heterocycles. The predicted molar refractivity (Wildman–Crippen MR) is 119 cm³/mol. The molecule has 34 heavy (non-hydrogen) atoms. The Labute approximate surface area is 197 Å². The number of carboxylic acid groups (broad SMARTS) is 1. The first kappa shape index (κ1) is 26.2. The van der Waals surface area contributed by atoms with Crippen LogP contribution in [0.3, 0.4) is 0 Å². The SMILES string of the molecule is C[C@H](NP(=S)(OC[C@@]1(F)O[C@@H](n2ccc(=O)[nH]c2=O)[C@](C)(O)[C@@H]1O)Oc1ccccc1)C(=O)O. The summed E-state index contributed by atoms with van der Waals surface area (Å²) in [5, 5.41) is 33.0. The van der Waals surface area contributed by atoms with Crippen LogP contribution in [0.15, 0.2) is 52.2 Å². The van der Waals surface area contributed by atoms with Crippen LogP contribution in [0, 0.1) is 0 Å². The van der Waals surface area contributed by atoms with Crippen LogP contribution >= 0.6 is 6.64 Å². The summed E-state index contributed by atoms with van der Waals surface area (Å²) in [6, 6.07) is 7.70. The topological polar surface area (TPSA) is 172 Å². The molecule has 15 heteroatoms. The minimum absolute atomic E-state index is 0.210. The lowest BCUT2D eigenvalue weighted by Crippen LogP contribution is -2.50. The number of aliphatic hydroxyl groups excluding tert-OH is 1. The van der Waals surface area contributed by atoms with Gasteiger partial charge in [-0.15, -0.1) is 0 Å². The first-order valence-electron chi connectivity index (χ1n) is 9.86. The molecule has 1 aromatic heterocycles. The van der Waals surface area contributed by atoms with Crippen molar-refractivity contribution in [1.82, 2.24) is 14.6 Å². The number of aromatic nitrogens is 2. The first-order chi connectivity index (χ1) is 15.8. The van der Waals surface area contributed by atoms with Crippen molar-refractivity contribution in [2.75, 3.05) is 6.61 Å². The Morgan fingerprint density at radius 1 is 1.38 bits per heavy atom. The largest absolute Gasteiger partial charge is 0.480 e. The lowest BCUT2D eigenvalue weighted by Gasteiger charge is -2.30. The Morgan fingerprint density at radius 2 is 2.03 bits per heavy atom. The van der Waals surface area contributed by atoms with Crippen molar-refractivity contribution in [1.29, 1.82) is 0 Å². The summed E-state index contributed by atoms with van der Waals surface area (Å²) in [7, 11) is 0. The van der Waals surface area contributed by atoms with Gasteiger partial charge < -0.3 is 29.1 Å². The zero-order valence-electron chi connectivity index (χ0n) is 18.0. The van der Waals surface area contributed by atoms with Gasteiger partial charge in [0.15, 0.2) is 6.23 Å². The highest BCUT2D eigenvalue weighted by atomic mass is 32.5. The second-order valence-corrected chi connectivity index (χ2v) is 10.9. The van der Waals surface area contributed by atoms with Crippen molar-refractivity contribution in [3.63, 3.8) is 0 Å². The number of benzene rings is 1. The van der Waals surface area contributed by atoms with Crippen LogP contribution in [-0.4, -0.2) is 61.0 Å². The summed E-state index contributed by atoms with van der Waals surface area (Å²) in [5.74, 6) is -4.16. The van der Waals surface area contributed by atoms with Gasteiger partial charge in [0.1, 0.15) is 30.1 Å². The third-order valence-corrected chi connectivity index (χ3v) is 7.48. The maximum atomic E-state index is 15.7. The lowest BCUT2D eigenvalue weighted by molar-refractivity contribution is -0.203. The summed E-state index contributed by atoms with van der Waals surface area (Å²) < 4.78 is 32.7.